The molecule has 0 rings (SSSR count). The second-order valence-corrected chi connectivity index (χ2v) is 2.73. The Morgan fingerprint density at radius 1 is 1.50 bits per heavy atom. The van der Waals surface area contributed by atoms with Gasteiger partial charge in [0.1, 0.15) is 5.72 Å². The van der Waals surface area contributed by atoms with Gasteiger partial charge in [0.2, 0.25) is 5.91 Å². The Bertz CT molecular complexity index is 132. The highest BCUT2D eigenvalue weighted by Gasteiger charge is 2.23. The Balaban J connectivity index is 4.17. The largest absolute Gasteiger partial charge is 0.359 e. The molecule has 0 aliphatic rings. The minimum Gasteiger partial charge on any atom is -0.359 e. The average Bonchev–Trinajstić information content (AvgIpc) is 1.86. The predicted molar refractivity (Wildman–Crippen MR) is 39.5 cm³/mol. The van der Waals surface area contributed by atoms with Crippen LogP contribution in [0.2, 0.25) is 0 Å². The summed E-state index contributed by atoms with van der Waals surface area (Å²) in [7, 11) is 3.30. The summed E-state index contributed by atoms with van der Waals surface area (Å²) in [5, 5.41) is 0. The highest BCUT2D eigenvalue weighted by molar-refractivity contribution is 5.73. The summed E-state index contributed by atoms with van der Waals surface area (Å²) in [5.41, 5.74) is -0.494. The van der Waals surface area contributed by atoms with Crippen LogP contribution in [0.25, 0.3) is 0 Å². The fraction of sp³-hybridized carbons (Fsp3) is 0.857. The summed E-state index contributed by atoms with van der Waals surface area (Å²) >= 11 is 0. The van der Waals surface area contributed by atoms with Crippen LogP contribution in [0.5, 0.6) is 0 Å². The van der Waals surface area contributed by atoms with Crippen molar-refractivity contribution in [1.82, 2.24) is 4.90 Å². The maximum absolute atomic E-state index is 10.8. The van der Waals surface area contributed by atoms with Crippen molar-refractivity contribution in [3.05, 3.63) is 0 Å². The van der Waals surface area contributed by atoms with E-state index in [0.29, 0.717) is 0 Å². The molecule has 0 unspecified atom stereocenters. The second kappa shape index (κ2) is 3.01. The molecule has 0 aliphatic heterocycles. The van der Waals surface area contributed by atoms with Crippen molar-refractivity contribution in [1.29, 1.82) is 0 Å². The lowest BCUT2D eigenvalue weighted by atomic mass is 10.2. The molecule has 0 spiro atoms. The van der Waals surface area contributed by atoms with Gasteiger partial charge in [-0.3, -0.25) is 4.79 Å². The maximum Gasteiger partial charge on any atom is 0.221 e. The van der Waals surface area contributed by atoms with E-state index in [-0.39, 0.29) is 5.91 Å². The number of carbonyl (C=O) groups is 1. The van der Waals surface area contributed by atoms with E-state index in [0.717, 1.165) is 0 Å². The van der Waals surface area contributed by atoms with Crippen LogP contribution in [0.1, 0.15) is 20.8 Å². The maximum atomic E-state index is 10.8. The lowest BCUT2D eigenvalue weighted by molar-refractivity contribution is -0.152. The standard InChI is InChI=1S/C7H15NO2/c1-6(9)8(4)7(2,3)10-5/h1-5H3. The number of carbonyl (C=O) groups excluding carboxylic acids is 1. The molecule has 0 saturated heterocycles. The molecule has 1 amide bonds. The fourth-order valence-corrected chi connectivity index (χ4v) is 0.516. The van der Waals surface area contributed by atoms with Crippen molar-refractivity contribution in [3.8, 4) is 0 Å². The fourth-order valence-electron chi connectivity index (χ4n) is 0.516. The van der Waals surface area contributed by atoms with Crippen LogP contribution in [-0.4, -0.2) is 30.7 Å². The molecule has 0 aliphatic carbocycles. The molecule has 0 aromatic heterocycles. The minimum atomic E-state index is -0.494. The Hall–Kier alpha value is -0.570. The van der Waals surface area contributed by atoms with Gasteiger partial charge >= 0.3 is 0 Å². The normalized spacial score (nSPS) is 11.3. The summed E-state index contributed by atoms with van der Waals surface area (Å²) in [5.74, 6) is 0.00634. The molecule has 0 N–H and O–H groups in total. The zero-order valence-electron chi connectivity index (χ0n) is 7.26. The average molecular weight is 145 g/mol. The molecular weight excluding hydrogens is 130 g/mol. The van der Waals surface area contributed by atoms with Crippen molar-refractivity contribution in [2.45, 2.75) is 26.5 Å². The van der Waals surface area contributed by atoms with E-state index in [2.05, 4.69) is 0 Å². The smallest absolute Gasteiger partial charge is 0.221 e. The quantitative estimate of drug-likeness (QED) is 0.539. The first-order valence-electron chi connectivity index (χ1n) is 3.21. The topological polar surface area (TPSA) is 29.5 Å². The molecule has 60 valence electrons. The molecule has 0 heterocycles. The Kier molecular flexibility index (Phi) is 2.84. The lowest BCUT2D eigenvalue weighted by Crippen LogP contribution is -2.45. The number of nitrogens with zero attached hydrogens (tertiary/aromatic N) is 1. The molecule has 10 heavy (non-hydrogen) atoms. The summed E-state index contributed by atoms with van der Waals surface area (Å²) < 4.78 is 5.07. The van der Waals surface area contributed by atoms with E-state index in [1.54, 1.807) is 19.1 Å². The number of rotatable bonds is 2. The second-order valence-electron chi connectivity index (χ2n) is 2.73. The van der Waals surface area contributed by atoms with Crippen molar-refractivity contribution < 1.29 is 9.53 Å². The van der Waals surface area contributed by atoms with Gasteiger partial charge in [-0.15, -0.1) is 0 Å². The predicted octanol–water partition coefficient (Wildman–Crippen LogP) is 0.847. The van der Waals surface area contributed by atoms with Crippen LogP contribution >= 0.6 is 0 Å². The van der Waals surface area contributed by atoms with Gasteiger partial charge < -0.3 is 9.64 Å². The van der Waals surface area contributed by atoms with Gasteiger partial charge in [0, 0.05) is 21.1 Å². The number of hydrogen-bond donors (Lipinski definition) is 0. The molecular formula is C7H15NO2. The Labute approximate surface area is 62.0 Å². The highest BCUT2D eigenvalue weighted by atomic mass is 16.5. The van der Waals surface area contributed by atoms with Crippen molar-refractivity contribution >= 4 is 5.91 Å². The summed E-state index contributed by atoms with van der Waals surface area (Å²) in [4.78, 5) is 12.3. The number of ether oxygens (including phenoxy) is 1. The molecule has 0 atom stereocenters. The molecule has 0 aromatic rings. The molecule has 0 radical (unpaired) electrons. The monoisotopic (exact) mass is 145 g/mol. The van der Waals surface area contributed by atoms with Crippen LogP contribution in [0.15, 0.2) is 0 Å². The van der Waals surface area contributed by atoms with Gasteiger partial charge in [-0.2, -0.15) is 0 Å². The van der Waals surface area contributed by atoms with Crippen LogP contribution < -0.4 is 0 Å². The van der Waals surface area contributed by atoms with Crippen LogP contribution in [-0.2, 0) is 9.53 Å². The summed E-state index contributed by atoms with van der Waals surface area (Å²) in [6.45, 7) is 5.20. The van der Waals surface area contributed by atoms with E-state index >= 15 is 0 Å². The van der Waals surface area contributed by atoms with Gasteiger partial charge in [-0.05, 0) is 13.8 Å². The first-order chi connectivity index (χ1) is 4.41. The summed E-state index contributed by atoms with van der Waals surface area (Å²) in [6.07, 6.45) is 0. The Morgan fingerprint density at radius 2 is 1.90 bits per heavy atom. The SMILES string of the molecule is COC(C)(C)N(C)C(C)=O. The van der Waals surface area contributed by atoms with Crippen LogP contribution in [0.4, 0.5) is 0 Å². The van der Waals surface area contributed by atoms with Gasteiger partial charge in [-0.25, -0.2) is 0 Å². The molecule has 0 fully saturated rings. The lowest BCUT2D eigenvalue weighted by Gasteiger charge is -2.33. The third-order valence-corrected chi connectivity index (χ3v) is 1.78. The van der Waals surface area contributed by atoms with E-state index in [9.17, 15) is 4.79 Å². The van der Waals surface area contributed by atoms with E-state index in [1.807, 2.05) is 13.8 Å². The Morgan fingerprint density at radius 3 is 2.00 bits per heavy atom. The van der Waals surface area contributed by atoms with Gasteiger partial charge in [0.05, 0.1) is 0 Å². The van der Waals surface area contributed by atoms with Crippen molar-refractivity contribution in [2.24, 2.45) is 0 Å². The van der Waals surface area contributed by atoms with E-state index < -0.39 is 5.72 Å². The van der Waals surface area contributed by atoms with Gasteiger partial charge in [0.25, 0.3) is 0 Å². The molecule has 3 heteroatoms. The van der Waals surface area contributed by atoms with Crippen LogP contribution in [0.3, 0.4) is 0 Å². The van der Waals surface area contributed by atoms with Gasteiger partial charge in [0.15, 0.2) is 0 Å². The molecule has 3 nitrogen and oxygen atoms in total. The molecule has 0 saturated carbocycles. The number of amides is 1. The zero-order valence-corrected chi connectivity index (χ0v) is 7.26. The molecule has 0 aromatic carbocycles. The van der Waals surface area contributed by atoms with Gasteiger partial charge in [-0.1, -0.05) is 0 Å². The van der Waals surface area contributed by atoms with Crippen molar-refractivity contribution in [2.75, 3.05) is 14.2 Å². The first-order valence-corrected chi connectivity index (χ1v) is 3.21. The van der Waals surface area contributed by atoms with Crippen molar-refractivity contribution in [3.63, 3.8) is 0 Å². The number of hydrogen-bond acceptors (Lipinski definition) is 2. The first kappa shape index (κ1) is 9.43. The summed E-state index contributed by atoms with van der Waals surface area (Å²) in [6, 6.07) is 0. The van der Waals surface area contributed by atoms with E-state index in [1.165, 1.54) is 6.92 Å². The van der Waals surface area contributed by atoms with Crippen LogP contribution in [0, 0.1) is 0 Å². The minimum absolute atomic E-state index is 0.00634. The zero-order chi connectivity index (χ0) is 8.36. The number of methoxy groups -OCH3 is 1. The van der Waals surface area contributed by atoms with E-state index in [4.69, 9.17) is 4.74 Å². The molecule has 0 bridgehead atoms. The third-order valence-electron chi connectivity index (χ3n) is 1.78. The highest BCUT2D eigenvalue weighted by Crippen LogP contribution is 2.11. The third kappa shape index (κ3) is 1.99.